The van der Waals surface area contributed by atoms with Gasteiger partial charge in [-0.2, -0.15) is 0 Å². The second-order valence-electron chi connectivity index (χ2n) is 5.90. The normalized spacial score (nSPS) is 23.0. The van der Waals surface area contributed by atoms with Crippen LogP contribution in [-0.4, -0.2) is 25.7 Å². The Bertz CT molecular complexity index is 658. The van der Waals surface area contributed by atoms with Gasteiger partial charge >= 0.3 is 5.97 Å². The van der Waals surface area contributed by atoms with E-state index in [0.29, 0.717) is 10.4 Å². The molecule has 0 spiro atoms. The number of benzene rings is 1. The molecule has 0 heterocycles. The first-order chi connectivity index (χ1) is 9.70. The number of carboxylic acids is 1. The highest BCUT2D eigenvalue weighted by Gasteiger charge is 2.27. The van der Waals surface area contributed by atoms with E-state index in [4.69, 9.17) is 5.11 Å². The Morgan fingerprint density at radius 3 is 2.29 bits per heavy atom. The van der Waals surface area contributed by atoms with Crippen LogP contribution in [0.25, 0.3) is 0 Å². The van der Waals surface area contributed by atoms with Crippen LogP contribution in [0.1, 0.15) is 54.4 Å². The molecule has 6 heteroatoms. The topological polar surface area (TPSA) is 71.4 Å². The molecule has 0 aliphatic heterocycles. The summed E-state index contributed by atoms with van der Waals surface area (Å²) in [6, 6.07) is 2.97. The zero-order chi connectivity index (χ0) is 15.8. The first kappa shape index (κ1) is 16.5. The Balaban J connectivity index is 2.54. The maximum absolute atomic E-state index is 12.0. The molecule has 1 N–H and O–H groups in total. The Labute approximate surface area is 133 Å². The highest BCUT2D eigenvalue weighted by atomic mass is 79.9. The van der Waals surface area contributed by atoms with Gasteiger partial charge in [-0.1, -0.05) is 19.8 Å². The van der Waals surface area contributed by atoms with Crippen LogP contribution < -0.4 is 0 Å². The minimum Gasteiger partial charge on any atom is -0.478 e. The van der Waals surface area contributed by atoms with Crippen LogP contribution >= 0.6 is 15.9 Å². The van der Waals surface area contributed by atoms with E-state index >= 15 is 0 Å². The Kier molecular flexibility index (Phi) is 4.78. The highest BCUT2D eigenvalue weighted by Crippen LogP contribution is 2.40. The molecule has 1 aliphatic rings. The van der Waals surface area contributed by atoms with Crippen molar-refractivity contribution in [2.24, 2.45) is 5.92 Å². The lowest BCUT2D eigenvalue weighted by Crippen LogP contribution is -2.15. The molecule has 1 fully saturated rings. The molecule has 0 aromatic heterocycles. The van der Waals surface area contributed by atoms with Gasteiger partial charge in [0.05, 0.1) is 10.5 Å². The molecule has 4 nitrogen and oxygen atoms in total. The molecule has 0 unspecified atom stereocenters. The van der Waals surface area contributed by atoms with Gasteiger partial charge in [0, 0.05) is 10.7 Å². The largest absolute Gasteiger partial charge is 0.478 e. The maximum Gasteiger partial charge on any atom is 0.336 e. The molecular formula is C15H19BrO4S. The summed E-state index contributed by atoms with van der Waals surface area (Å²) in [5, 5.41) is 9.17. The second-order valence-corrected chi connectivity index (χ2v) is 8.74. The van der Waals surface area contributed by atoms with E-state index in [-0.39, 0.29) is 16.4 Å². The zero-order valence-electron chi connectivity index (χ0n) is 12.1. The SMILES string of the molecule is CC1CCC(c2cc(Br)c(C(=O)O)cc2S(C)(=O)=O)CC1. The predicted octanol–water partition coefficient (Wildman–Crippen LogP) is 3.84. The van der Waals surface area contributed by atoms with E-state index in [1.54, 1.807) is 6.07 Å². The molecule has 116 valence electrons. The lowest BCUT2D eigenvalue weighted by Gasteiger charge is -2.28. The number of halogens is 1. The summed E-state index contributed by atoms with van der Waals surface area (Å²) in [4.78, 5) is 11.4. The van der Waals surface area contributed by atoms with Gasteiger partial charge in [-0.05, 0) is 58.3 Å². The molecule has 0 atom stereocenters. The molecule has 1 aromatic rings. The number of carbonyl (C=O) groups is 1. The molecule has 0 bridgehead atoms. The molecule has 0 saturated heterocycles. The summed E-state index contributed by atoms with van der Waals surface area (Å²) in [6.45, 7) is 2.21. The van der Waals surface area contributed by atoms with E-state index in [1.807, 2.05) is 0 Å². The van der Waals surface area contributed by atoms with Crippen molar-refractivity contribution < 1.29 is 18.3 Å². The van der Waals surface area contributed by atoms with Crippen LogP contribution in [0.4, 0.5) is 0 Å². The number of carboxylic acid groups (broad SMARTS) is 1. The number of hydrogen-bond acceptors (Lipinski definition) is 3. The Hall–Kier alpha value is -0.880. The second kappa shape index (κ2) is 6.08. The van der Waals surface area contributed by atoms with Crippen molar-refractivity contribution in [1.82, 2.24) is 0 Å². The van der Waals surface area contributed by atoms with Gasteiger partial charge in [-0.25, -0.2) is 13.2 Å². The first-order valence-corrected chi connectivity index (χ1v) is 9.65. The highest BCUT2D eigenvalue weighted by molar-refractivity contribution is 9.10. The van der Waals surface area contributed by atoms with Gasteiger partial charge < -0.3 is 5.11 Å². The average Bonchev–Trinajstić information content (AvgIpc) is 2.37. The van der Waals surface area contributed by atoms with Crippen molar-refractivity contribution >= 4 is 31.7 Å². The van der Waals surface area contributed by atoms with E-state index < -0.39 is 15.8 Å². The monoisotopic (exact) mass is 374 g/mol. The third-order valence-electron chi connectivity index (χ3n) is 4.19. The third kappa shape index (κ3) is 3.66. The molecule has 2 rings (SSSR count). The van der Waals surface area contributed by atoms with Crippen LogP contribution in [0.3, 0.4) is 0 Å². The van der Waals surface area contributed by atoms with Crippen LogP contribution in [0.5, 0.6) is 0 Å². The molecule has 0 amide bonds. The lowest BCUT2D eigenvalue weighted by molar-refractivity contribution is 0.0695. The van der Waals surface area contributed by atoms with Gasteiger partial charge in [0.1, 0.15) is 0 Å². The summed E-state index contributed by atoms with van der Waals surface area (Å²) in [5.41, 5.74) is 0.740. The van der Waals surface area contributed by atoms with Crippen LogP contribution in [0, 0.1) is 5.92 Å². The number of rotatable bonds is 3. The molecule has 1 saturated carbocycles. The van der Waals surface area contributed by atoms with Gasteiger partial charge in [0.2, 0.25) is 0 Å². The van der Waals surface area contributed by atoms with E-state index in [1.165, 1.54) is 6.07 Å². The van der Waals surface area contributed by atoms with E-state index in [2.05, 4.69) is 22.9 Å². The lowest BCUT2D eigenvalue weighted by atomic mass is 9.79. The first-order valence-electron chi connectivity index (χ1n) is 6.97. The molecular weight excluding hydrogens is 356 g/mol. The number of aromatic carboxylic acids is 1. The summed E-state index contributed by atoms with van der Waals surface area (Å²) < 4.78 is 24.5. The minimum absolute atomic E-state index is 0.0108. The molecule has 0 radical (unpaired) electrons. The van der Waals surface area contributed by atoms with Crippen molar-refractivity contribution in [2.45, 2.75) is 43.4 Å². The minimum atomic E-state index is -3.45. The summed E-state index contributed by atoms with van der Waals surface area (Å²) >= 11 is 3.25. The number of sulfone groups is 1. The van der Waals surface area contributed by atoms with Crippen LogP contribution in [0.2, 0.25) is 0 Å². The van der Waals surface area contributed by atoms with Crippen LogP contribution in [0.15, 0.2) is 21.5 Å². The van der Waals surface area contributed by atoms with Crippen molar-refractivity contribution in [1.29, 1.82) is 0 Å². The average molecular weight is 375 g/mol. The van der Waals surface area contributed by atoms with Crippen molar-refractivity contribution in [3.8, 4) is 0 Å². The smallest absolute Gasteiger partial charge is 0.336 e. The summed E-state index contributed by atoms with van der Waals surface area (Å²) in [7, 11) is -3.45. The standard InChI is InChI=1S/C15H19BrO4S/c1-9-3-5-10(6-4-9)11-7-13(16)12(15(17)18)8-14(11)21(2,19)20/h7-10H,3-6H2,1-2H3,(H,17,18). The van der Waals surface area contributed by atoms with Gasteiger partial charge in [-0.15, -0.1) is 0 Å². The zero-order valence-corrected chi connectivity index (χ0v) is 14.5. The quantitative estimate of drug-likeness (QED) is 0.871. The van der Waals surface area contributed by atoms with Crippen LogP contribution in [-0.2, 0) is 9.84 Å². The van der Waals surface area contributed by atoms with E-state index in [0.717, 1.165) is 37.5 Å². The van der Waals surface area contributed by atoms with Crippen molar-refractivity contribution in [2.75, 3.05) is 6.26 Å². The maximum atomic E-state index is 12.0. The Morgan fingerprint density at radius 1 is 1.24 bits per heavy atom. The van der Waals surface area contributed by atoms with Gasteiger partial charge in [0.15, 0.2) is 9.84 Å². The fourth-order valence-electron chi connectivity index (χ4n) is 2.94. The van der Waals surface area contributed by atoms with Gasteiger partial charge in [-0.3, -0.25) is 0 Å². The fourth-order valence-corrected chi connectivity index (χ4v) is 4.46. The predicted molar refractivity (Wildman–Crippen MR) is 84.6 cm³/mol. The summed E-state index contributed by atoms with van der Waals surface area (Å²) in [5.74, 6) is -0.273. The molecule has 1 aromatic carbocycles. The number of hydrogen-bond donors (Lipinski definition) is 1. The molecule has 1 aliphatic carbocycles. The third-order valence-corrected chi connectivity index (χ3v) is 5.99. The van der Waals surface area contributed by atoms with Gasteiger partial charge in [0.25, 0.3) is 0 Å². The Morgan fingerprint density at radius 2 is 1.81 bits per heavy atom. The van der Waals surface area contributed by atoms with Crippen molar-refractivity contribution in [3.63, 3.8) is 0 Å². The molecule has 21 heavy (non-hydrogen) atoms. The van der Waals surface area contributed by atoms with Crippen molar-refractivity contribution in [3.05, 3.63) is 27.7 Å². The fraction of sp³-hybridized carbons (Fsp3) is 0.533. The summed E-state index contributed by atoms with van der Waals surface area (Å²) in [6.07, 6.45) is 5.18. The van der Waals surface area contributed by atoms with E-state index in [9.17, 15) is 13.2 Å².